The third-order valence-electron chi connectivity index (χ3n) is 6.22. The van der Waals surface area contributed by atoms with Crippen LogP contribution in [0.4, 0.5) is 9.59 Å². The lowest BCUT2D eigenvalue weighted by molar-refractivity contribution is -0.0585. The summed E-state index contributed by atoms with van der Waals surface area (Å²) in [7, 11) is 3.02. The molecule has 43 heavy (non-hydrogen) atoms. The summed E-state index contributed by atoms with van der Waals surface area (Å²) in [6, 6.07) is 9.82. The molecule has 2 atom stereocenters. The molecule has 0 radical (unpaired) electrons. The van der Waals surface area contributed by atoms with E-state index in [-0.39, 0.29) is 26.4 Å². The van der Waals surface area contributed by atoms with Gasteiger partial charge in [-0.25, -0.2) is 9.59 Å². The second kappa shape index (κ2) is 18.7. The molecule has 2 unspecified atom stereocenters. The maximum absolute atomic E-state index is 12.2. The van der Waals surface area contributed by atoms with E-state index in [2.05, 4.69) is 13.5 Å². The Morgan fingerprint density at radius 2 is 1.35 bits per heavy atom. The summed E-state index contributed by atoms with van der Waals surface area (Å²) >= 11 is 0. The van der Waals surface area contributed by atoms with E-state index in [1.54, 1.807) is 13.8 Å². The average Bonchev–Trinajstić information content (AvgIpc) is 2.93. The maximum Gasteiger partial charge on any atom is 0.511 e. The molecule has 2 aromatic carbocycles. The molecule has 0 saturated carbocycles. The first-order valence-corrected chi connectivity index (χ1v) is 14.5. The summed E-state index contributed by atoms with van der Waals surface area (Å²) in [5.74, 6) is 0.841. The van der Waals surface area contributed by atoms with Crippen LogP contribution in [0.5, 0.6) is 11.5 Å². The number of rotatable bonds is 18. The summed E-state index contributed by atoms with van der Waals surface area (Å²) in [5, 5.41) is 0. The highest BCUT2D eigenvalue weighted by atomic mass is 16.8. The molecule has 2 aromatic rings. The number of methoxy groups -OCH3 is 2. The minimum atomic E-state index is -1.00. The van der Waals surface area contributed by atoms with E-state index in [1.807, 2.05) is 44.2 Å². The van der Waals surface area contributed by atoms with Gasteiger partial charge in [0, 0.05) is 28.1 Å². The third-order valence-corrected chi connectivity index (χ3v) is 6.22. The molecule has 2 rings (SSSR count). The van der Waals surface area contributed by atoms with Crippen LogP contribution in [0.3, 0.4) is 0 Å². The van der Waals surface area contributed by atoms with Crippen LogP contribution in [0.15, 0.2) is 36.9 Å². The van der Waals surface area contributed by atoms with Gasteiger partial charge < -0.3 is 37.9 Å². The predicted octanol–water partition coefficient (Wildman–Crippen LogP) is 7.48. The lowest BCUT2D eigenvalue weighted by Crippen LogP contribution is -2.24. The second-order valence-corrected chi connectivity index (χ2v) is 10.0. The molecule has 0 aliphatic heterocycles. The van der Waals surface area contributed by atoms with Gasteiger partial charge in [-0.2, -0.15) is 0 Å². The monoisotopic (exact) mass is 602 g/mol. The number of benzene rings is 2. The van der Waals surface area contributed by atoms with Crippen molar-refractivity contribution in [1.82, 2.24) is 0 Å². The first kappa shape index (κ1) is 35.4. The van der Waals surface area contributed by atoms with E-state index in [1.165, 1.54) is 14.2 Å². The molecule has 0 aliphatic carbocycles. The largest absolute Gasteiger partial charge is 0.511 e. The van der Waals surface area contributed by atoms with Crippen LogP contribution in [0.25, 0.3) is 16.7 Å². The standard InChI is InChI=1S/C33H46O10/c1-9-10-11-12-26-20-29(40-24(5)42-32(34)38-17-15-36-7)31(28-19-23(4)13-14-27(28)22(2)3)30(21-26)41-25(6)43-33(35)39-18-16-37-8/h13-14,19-21,24-25H,2,9-12,15-18H2,1,3-8H3. The highest BCUT2D eigenvalue weighted by Gasteiger charge is 2.24. The average molecular weight is 603 g/mol. The van der Waals surface area contributed by atoms with Crippen LogP contribution in [-0.4, -0.2) is 65.5 Å². The van der Waals surface area contributed by atoms with E-state index in [9.17, 15) is 9.59 Å². The number of carbonyl (C=O) groups excluding carboxylic acids is 2. The van der Waals surface area contributed by atoms with E-state index in [0.717, 1.165) is 53.5 Å². The minimum Gasteiger partial charge on any atom is -0.454 e. The van der Waals surface area contributed by atoms with Gasteiger partial charge in [-0.3, -0.25) is 0 Å². The number of allylic oxidation sites excluding steroid dienone is 1. The summed E-state index contributed by atoms with van der Waals surface area (Å²) in [6.07, 6.45) is 0.0392. The van der Waals surface area contributed by atoms with Gasteiger partial charge in [0.15, 0.2) is 0 Å². The Hall–Kier alpha value is -3.76. The summed E-state index contributed by atoms with van der Waals surface area (Å²) < 4.78 is 43.1. The zero-order valence-corrected chi connectivity index (χ0v) is 26.5. The summed E-state index contributed by atoms with van der Waals surface area (Å²) in [5.41, 5.74) is 5.03. The molecule has 0 saturated heterocycles. The Labute approximate surface area is 255 Å². The van der Waals surface area contributed by atoms with Crippen molar-refractivity contribution in [3.8, 4) is 22.6 Å². The van der Waals surface area contributed by atoms with Crippen molar-refractivity contribution in [2.24, 2.45) is 0 Å². The normalized spacial score (nSPS) is 12.2. The third kappa shape index (κ3) is 12.2. The molecular formula is C33H46O10. The molecule has 0 N–H and O–H groups in total. The van der Waals surface area contributed by atoms with Gasteiger partial charge in [-0.15, -0.1) is 0 Å². The van der Waals surface area contributed by atoms with Crippen LogP contribution in [-0.2, 0) is 34.8 Å². The van der Waals surface area contributed by atoms with Gasteiger partial charge >= 0.3 is 12.3 Å². The molecule has 10 nitrogen and oxygen atoms in total. The predicted molar refractivity (Wildman–Crippen MR) is 163 cm³/mol. The zero-order chi connectivity index (χ0) is 31.8. The molecule has 10 heteroatoms. The fraction of sp³-hybridized carbons (Fsp3) is 0.515. The Morgan fingerprint density at radius 3 is 1.81 bits per heavy atom. The zero-order valence-electron chi connectivity index (χ0n) is 26.5. The number of ether oxygens (including phenoxy) is 8. The van der Waals surface area contributed by atoms with Crippen molar-refractivity contribution in [2.45, 2.75) is 72.9 Å². The lowest BCUT2D eigenvalue weighted by atomic mass is 9.91. The number of hydrogen-bond acceptors (Lipinski definition) is 10. The summed E-state index contributed by atoms with van der Waals surface area (Å²) in [4.78, 5) is 24.5. The van der Waals surface area contributed by atoms with Crippen molar-refractivity contribution >= 4 is 17.9 Å². The van der Waals surface area contributed by atoms with E-state index in [4.69, 9.17) is 37.9 Å². The van der Waals surface area contributed by atoms with Crippen LogP contribution in [0.2, 0.25) is 0 Å². The second-order valence-electron chi connectivity index (χ2n) is 10.0. The molecular weight excluding hydrogens is 556 g/mol. The highest BCUT2D eigenvalue weighted by Crippen LogP contribution is 2.44. The Balaban J connectivity index is 2.58. The molecule has 238 valence electrons. The first-order chi connectivity index (χ1) is 20.6. The minimum absolute atomic E-state index is 0.0509. The van der Waals surface area contributed by atoms with Gasteiger partial charge in [-0.05, 0) is 55.5 Å². The van der Waals surface area contributed by atoms with E-state index in [0.29, 0.717) is 17.1 Å². The van der Waals surface area contributed by atoms with Crippen molar-refractivity contribution in [1.29, 1.82) is 0 Å². The Kier molecular flexibility index (Phi) is 15.4. The van der Waals surface area contributed by atoms with E-state index < -0.39 is 24.9 Å². The SMILES string of the molecule is C=C(C)c1ccc(C)cc1-c1c(OC(C)OC(=O)OCCOC)cc(CCCCC)cc1OC(C)OC(=O)OCCOC. The Bertz CT molecular complexity index is 1140. The topological polar surface area (TPSA) is 108 Å². The van der Waals surface area contributed by atoms with Crippen LogP contribution in [0.1, 0.15) is 63.6 Å². The number of unbranched alkanes of at least 4 members (excludes halogenated alkanes) is 2. The van der Waals surface area contributed by atoms with Crippen LogP contribution < -0.4 is 9.47 Å². The first-order valence-electron chi connectivity index (χ1n) is 14.5. The van der Waals surface area contributed by atoms with Crippen molar-refractivity contribution < 1.29 is 47.5 Å². The molecule has 0 bridgehead atoms. The van der Waals surface area contributed by atoms with Gasteiger partial charge in [0.05, 0.1) is 18.8 Å². The van der Waals surface area contributed by atoms with E-state index >= 15 is 0 Å². The smallest absolute Gasteiger partial charge is 0.454 e. The quantitative estimate of drug-likeness (QED) is 0.0968. The van der Waals surface area contributed by atoms with Crippen molar-refractivity contribution in [3.05, 3.63) is 53.6 Å². The number of hydrogen-bond donors (Lipinski definition) is 0. The maximum atomic E-state index is 12.2. The summed E-state index contributed by atoms with van der Waals surface area (Å²) in [6.45, 7) is 14.0. The lowest BCUT2D eigenvalue weighted by Gasteiger charge is -2.24. The molecule has 0 fully saturated rings. The fourth-order valence-corrected chi connectivity index (χ4v) is 4.22. The van der Waals surface area contributed by atoms with Gasteiger partial charge in [0.25, 0.3) is 0 Å². The number of carbonyl (C=O) groups is 2. The molecule has 0 aromatic heterocycles. The van der Waals surface area contributed by atoms with Gasteiger partial charge in [0.2, 0.25) is 12.6 Å². The van der Waals surface area contributed by atoms with Crippen LogP contribution >= 0.6 is 0 Å². The molecule has 0 spiro atoms. The van der Waals surface area contributed by atoms with Crippen molar-refractivity contribution in [2.75, 3.05) is 40.6 Å². The molecule has 0 amide bonds. The number of aryl methyl sites for hydroxylation is 2. The highest BCUT2D eigenvalue weighted by molar-refractivity contribution is 5.87. The molecule has 0 aliphatic rings. The molecule has 0 heterocycles. The Morgan fingerprint density at radius 1 is 0.814 bits per heavy atom. The fourth-order valence-electron chi connectivity index (χ4n) is 4.22. The van der Waals surface area contributed by atoms with Crippen molar-refractivity contribution in [3.63, 3.8) is 0 Å². The van der Waals surface area contributed by atoms with Gasteiger partial charge in [-0.1, -0.05) is 55.7 Å². The van der Waals surface area contributed by atoms with Crippen LogP contribution in [0, 0.1) is 6.92 Å². The van der Waals surface area contributed by atoms with Gasteiger partial charge in [0.1, 0.15) is 24.7 Å².